The van der Waals surface area contributed by atoms with E-state index in [1.165, 1.54) is 12.1 Å². The number of aryl methyl sites for hydroxylation is 1. The third kappa shape index (κ3) is 3.62. The summed E-state index contributed by atoms with van der Waals surface area (Å²) < 4.78 is 42.7. The minimum absolute atomic E-state index is 0.593. The summed E-state index contributed by atoms with van der Waals surface area (Å²) in [7, 11) is 1.84. The number of rotatable bonds is 3. The first-order valence-corrected chi connectivity index (χ1v) is 7.98. The Bertz CT molecular complexity index is 759. The van der Waals surface area contributed by atoms with Crippen molar-refractivity contribution in [2.75, 3.05) is 31.1 Å². The Morgan fingerprint density at radius 2 is 1.88 bits per heavy atom. The summed E-state index contributed by atoms with van der Waals surface area (Å²) in [5.74, 6) is 0. The van der Waals surface area contributed by atoms with Crippen molar-refractivity contribution in [3.8, 4) is 0 Å². The van der Waals surface area contributed by atoms with Gasteiger partial charge in [-0.05, 0) is 30.4 Å². The van der Waals surface area contributed by atoms with Crippen molar-refractivity contribution in [2.24, 2.45) is 7.05 Å². The molecule has 1 aliphatic heterocycles. The first-order valence-electron chi connectivity index (χ1n) is 7.57. The fourth-order valence-corrected chi connectivity index (χ4v) is 2.89. The predicted molar refractivity (Wildman–Crippen MR) is 87.3 cm³/mol. The number of anilines is 1. The van der Waals surface area contributed by atoms with E-state index in [1.807, 2.05) is 11.9 Å². The number of piperazine rings is 1. The van der Waals surface area contributed by atoms with E-state index in [4.69, 9.17) is 12.2 Å². The summed E-state index contributed by atoms with van der Waals surface area (Å²) >= 11 is 5.26. The van der Waals surface area contributed by atoms with E-state index in [9.17, 15) is 13.2 Å². The second-order valence-electron chi connectivity index (χ2n) is 5.82. The molecule has 3 rings (SSSR count). The SMILES string of the molecule is Cn1cnn(CN2CCN(c3cccc(C(F)(F)F)c3)CC2)c1=S. The van der Waals surface area contributed by atoms with Crippen molar-refractivity contribution in [3.05, 3.63) is 40.9 Å². The lowest BCUT2D eigenvalue weighted by Crippen LogP contribution is -2.47. The zero-order valence-electron chi connectivity index (χ0n) is 13.2. The van der Waals surface area contributed by atoms with E-state index in [0.717, 1.165) is 19.2 Å². The molecule has 1 aromatic carbocycles. The highest BCUT2D eigenvalue weighted by atomic mass is 32.1. The Labute approximate surface area is 142 Å². The number of alkyl halides is 3. The van der Waals surface area contributed by atoms with Gasteiger partial charge in [-0.25, -0.2) is 4.68 Å². The van der Waals surface area contributed by atoms with Crippen LogP contribution in [0.5, 0.6) is 0 Å². The first-order chi connectivity index (χ1) is 11.3. The molecule has 1 fully saturated rings. The summed E-state index contributed by atoms with van der Waals surface area (Å²) in [6, 6.07) is 5.49. The van der Waals surface area contributed by atoms with Crippen LogP contribution in [0, 0.1) is 4.77 Å². The Morgan fingerprint density at radius 1 is 1.17 bits per heavy atom. The molecule has 0 N–H and O–H groups in total. The fraction of sp³-hybridized carbons (Fsp3) is 0.467. The van der Waals surface area contributed by atoms with E-state index < -0.39 is 11.7 Å². The fourth-order valence-electron chi connectivity index (χ4n) is 2.73. The zero-order chi connectivity index (χ0) is 17.3. The van der Waals surface area contributed by atoms with E-state index in [2.05, 4.69) is 10.00 Å². The van der Waals surface area contributed by atoms with Crippen molar-refractivity contribution in [1.82, 2.24) is 19.2 Å². The Morgan fingerprint density at radius 3 is 2.46 bits per heavy atom. The molecule has 1 aliphatic rings. The Kier molecular flexibility index (Phi) is 4.64. The van der Waals surface area contributed by atoms with Crippen LogP contribution in [-0.4, -0.2) is 45.4 Å². The minimum Gasteiger partial charge on any atom is -0.369 e. The zero-order valence-corrected chi connectivity index (χ0v) is 14.0. The second kappa shape index (κ2) is 6.56. The van der Waals surface area contributed by atoms with Crippen molar-refractivity contribution in [1.29, 1.82) is 0 Å². The average molecular weight is 357 g/mol. The molecule has 0 atom stereocenters. The first kappa shape index (κ1) is 17.0. The Balaban J connectivity index is 1.63. The molecule has 0 radical (unpaired) electrons. The summed E-state index contributed by atoms with van der Waals surface area (Å²) in [4.78, 5) is 4.16. The molecular formula is C15H18F3N5S. The van der Waals surface area contributed by atoms with Gasteiger partial charge in [-0.2, -0.15) is 18.3 Å². The number of aromatic nitrogens is 3. The molecule has 24 heavy (non-hydrogen) atoms. The third-order valence-electron chi connectivity index (χ3n) is 4.13. The van der Waals surface area contributed by atoms with E-state index in [1.54, 1.807) is 21.6 Å². The molecule has 0 saturated carbocycles. The monoisotopic (exact) mass is 357 g/mol. The summed E-state index contributed by atoms with van der Waals surface area (Å²) in [6.45, 7) is 3.42. The van der Waals surface area contributed by atoms with Gasteiger partial charge in [0.2, 0.25) is 0 Å². The lowest BCUT2D eigenvalue weighted by Gasteiger charge is -2.36. The standard InChI is InChI=1S/C15H18F3N5S/c1-20-10-19-23(14(20)24)11-21-5-7-22(8-6-21)13-4-2-3-12(9-13)15(16,17)18/h2-4,9-10H,5-8,11H2,1H3. The topological polar surface area (TPSA) is 29.2 Å². The highest BCUT2D eigenvalue weighted by Crippen LogP contribution is 2.31. The molecule has 1 saturated heterocycles. The number of nitrogens with zero attached hydrogens (tertiary/aromatic N) is 5. The minimum atomic E-state index is -4.31. The van der Waals surface area contributed by atoms with Gasteiger partial charge in [0.1, 0.15) is 6.33 Å². The number of hydrogen-bond donors (Lipinski definition) is 0. The van der Waals surface area contributed by atoms with E-state index in [0.29, 0.717) is 30.2 Å². The van der Waals surface area contributed by atoms with Gasteiger partial charge in [-0.15, -0.1) is 0 Å². The van der Waals surface area contributed by atoms with Gasteiger partial charge in [0.05, 0.1) is 12.2 Å². The van der Waals surface area contributed by atoms with Crippen molar-refractivity contribution >= 4 is 17.9 Å². The van der Waals surface area contributed by atoms with Crippen LogP contribution in [0.2, 0.25) is 0 Å². The highest BCUT2D eigenvalue weighted by molar-refractivity contribution is 7.71. The van der Waals surface area contributed by atoms with Gasteiger partial charge in [-0.3, -0.25) is 4.90 Å². The average Bonchev–Trinajstić information content (AvgIpc) is 2.87. The van der Waals surface area contributed by atoms with Gasteiger partial charge in [-0.1, -0.05) is 6.07 Å². The second-order valence-corrected chi connectivity index (χ2v) is 6.18. The molecule has 130 valence electrons. The maximum absolute atomic E-state index is 12.8. The molecule has 5 nitrogen and oxygen atoms in total. The van der Waals surface area contributed by atoms with Crippen LogP contribution in [0.3, 0.4) is 0 Å². The number of halogens is 3. The van der Waals surface area contributed by atoms with Gasteiger partial charge in [0.25, 0.3) is 0 Å². The smallest absolute Gasteiger partial charge is 0.369 e. The lowest BCUT2D eigenvalue weighted by molar-refractivity contribution is -0.137. The van der Waals surface area contributed by atoms with Crippen molar-refractivity contribution in [2.45, 2.75) is 12.8 Å². The van der Waals surface area contributed by atoms with Crippen LogP contribution in [0.15, 0.2) is 30.6 Å². The molecule has 2 heterocycles. The van der Waals surface area contributed by atoms with Crippen LogP contribution in [0.25, 0.3) is 0 Å². The Hall–Kier alpha value is -1.87. The molecule has 2 aromatic rings. The molecule has 0 aliphatic carbocycles. The van der Waals surface area contributed by atoms with Crippen LogP contribution in [-0.2, 0) is 19.9 Å². The van der Waals surface area contributed by atoms with Crippen LogP contribution < -0.4 is 4.90 Å². The third-order valence-corrected chi connectivity index (χ3v) is 4.63. The normalized spacial score (nSPS) is 16.6. The van der Waals surface area contributed by atoms with Gasteiger partial charge in [0.15, 0.2) is 4.77 Å². The maximum Gasteiger partial charge on any atom is 0.416 e. The summed E-state index contributed by atoms with van der Waals surface area (Å²) in [6.07, 6.45) is -2.64. The molecule has 0 spiro atoms. The van der Waals surface area contributed by atoms with Crippen LogP contribution >= 0.6 is 12.2 Å². The number of hydrogen-bond acceptors (Lipinski definition) is 4. The molecule has 0 bridgehead atoms. The molecule has 0 unspecified atom stereocenters. The van der Waals surface area contributed by atoms with Gasteiger partial charge < -0.3 is 9.47 Å². The van der Waals surface area contributed by atoms with Gasteiger partial charge in [0, 0.05) is 38.9 Å². The lowest BCUT2D eigenvalue weighted by atomic mass is 10.1. The molecule has 9 heteroatoms. The number of benzene rings is 1. The van der Waals surface area contributed by atoms with Crippen molar-refractivity contribution < 1.29 is 13.2 Å². The predicted octanol–water partition coefficient (Wildman–Crippen LogP) is 2.75. The summed E-state index contributed by atoms with van der Waals surface area (Å²) in [5, 5.41) is 4.22. The summed E-state index contributed by atoms with van der Waals surface area (Å²) in [5.41, 5.74) is 0.00106. The van der Waals surface area contributed by atoms with E-state index >= 15 is 0 Å². The molecular weight excluding hydrogens is 339 g/mol. The largest absolute Gasteiger partial charge is 0.416 e. The molecule has 1 aromatic heterocycles. The maximum atomic E-state index is 12.8. The van der Waals surface area contributed by atoms with Crippen molar-refractivity contribution in [3.63, 3.8) is 0 Å². The van der Waals surface area contributed by atoms with Crippen LogP contribution in [0.1, 0.15) is 5.56 Å². The van der Waals surface area contributed by atoms with Gasteiger partial charge >= 0.3 is 6.18 Å². The molecule has 0 amide bonds. The quantitative estimate of drug-likeness (QED) is 0.790. The van der Waals surface area contributed by atoms with E-state index in [-0.39, 0.29) is 0 Å². The highest BCUT2D eigenvalue weighted by Gasteiger charge is 2.31. The van der Waals surface area contributed by atoms with Crippen LogP contribution in [0.4, 0.5) is 18.9 Å².